The molecule has 0 spiro atoms. The van der Waals surface area contributed by atoms with Crippen LogP contribution in [0.25, 0.3) is 0 Å². The maximum absolute atomic E-state index is 11.5. The number of nitrogens with zero attached hydrogens (tertiary/aromatic N) is 2. The van der Waals surface area contributed by atoms with Gasteiger partial charge in [-0.05, 0) is 23.8 Å². The van der Waals surface area contributed by atoms with Gasteiger partial charge in [-0.15, -0.1) is 11.8 Å². The highest BCUT2D eigenvalue weighted by Crippen LogP contribution is 2.32. The number of oxime groups is 1. The van der Waals surface area contributed by atoms with Crippen LogP contribution in [-0.4, -0.2) is 11.1 Å². The molecule has 0 atom stereocenters. The quantitative estimate of drug-likeness (QED) is 0.166. The predicted molar refractivity (Wildman–Crippen MR) is 118 cm³/mol. The Hall–Kier alpha value is -2.54. The Morgan fingerprint density at radius 3 is 2.45 bits per heavy atom. The Morgan fingerprint density at radius 1 is 1.03 bits per heavy atom. The summed E-state index contributed by atoms with van der Waals surface area (Å²) in [6.45, 7) is 0.0993. The molecule has 0 aliphatic rings. The third kappa shape index (κ3) is 5.97. The zero-order valence-corrected chi connectivity index (χ0v) is 17.5. The normalized spacial score (nSPS) is 11.0. The minimum atomic E-state index is -0.394. The van der Waals surface area contributed by atoms with E-state index in [0.29, 0.717) is 31.8 Å². The smallest absolute Gasteiger partial charge is 0.283 e. The van der Waals surface area contributed by atoms with Gasteiger partial charge in [-0.1, -0.05) is 70.8 Å². The van der Waals surface area contributed by atoms with Crippen molar-refractivity contribution in [3.63, 3.8) is 0 Å². The van der Waals surface area contributed by atoms with Crippen LogP contribution >= 0.6 is 35.0 Å². The van der Waals surface area contributed by atoms with E-state index in [2.05, 4.69) is 5.16 Å². The van der Waals surface area contributed by atoms with E-state index in [4.69, 9.17) is 28.0 Å². The summed E-state index contributed by atoms with van der Waals surface area (Å²) in [5.74, 6) is 0.650. The molecular formula is C21H16Cl2N2O3S. The summed E-state index contributed by atoms with van der Waals surface area (Å²) in [6, 6.07) is 19.9. The largest absolute Gasteiger partial charge is 0.391 e. The van der Waals surface area contributed by atoms with E-state index >= 15 is 0 Å². The number of hydrogen-bond donors (Lipinski definition) is 0. The van der Waals surface area contributed by atoms with Crippen LogP contribution in [0.4, 0.5) is 5.69 Å². The van der Waals surface area contributed by atoms with Crippen LogP contribution in [0, 0.1) is 10.1 Å². The molecular weight excluding hydrogens is 431 g/mol. The van der Waals surface area contributed by atoms with Crippen molar-refractivity contribution >= 4 is 46.9 Å². The van der Waals surface area contributed by atoms with Gasteiger partial charge < -0.3 is 4.84 Å². The van der Waals surface area contributed by atoms with Crippen molar-refractivity contribution in [2.75, 3.05) is 0 Å². The zero-order valence-electron chi connectivity index (χ0n) is 15.1. The lowest BCUT2D eigenvalue weighted by Gasteiger charge is -2.05. The van der Waals surface area contributed by atoms with Crippen molar-refractivity contribution in [1.29, 1.82) is 0 Å². The highest BCUT2D eigenvalue weighted by molar-refractivity contribution is 7.98. The van der Waals surface area contributed by atoms with Crippen LogP contribution in [0.1, 0.15) is 16.7 Å². The second kappa shape index (κ2) is 10.3. The first-order valence-electron chi connectivity index (χ1n) is 8.58. The SMILES string of the molecule is O=[N+]([O-])c1cc(/C=N/OCc2c(Cl)cccc2Cl)ccc1SCc1ccccc1. The zero-order chi connectivity index (χ0) is 20.6. The molecule has 0 radical (unpaired) electrons. The van der Waals surface area contributed by atoms with Crippen molar-refractivity contribution in [3.05, 3.63) is 104 Å². The molecule has 0 unspecified atom stereocenters. The van der Waals surface area contributed by atoms with E-state index in [9.17, 15) is 10.1 Å². The van der Waals surface area contributed by atoms with Gasteiger partial charge in [-0.25, -0.2) is 0 Å². The lowest BCUT2D eigenvalue weighted by Crippen LogP contribution is -1.94. The van der Waals surface area contributed by atoms with E-state index in [1.54, 1.807) is 30.3 Å². The van der Waals surface area contributed by atoms with E-state index in [-0.39, 0.29) is 12.3 Å². The number of rotatable bonds is 8. The molecule has 29 heavy (non-hydrogen) atoms. The van der Waals surface area contributed by atoms with Crippen LogP contribution in [-0.2, 0) is 17.2 Å². The average Bonchev–Trinajstić information content (AvgIpc) is 2.72. The molecule has 3 aromatic rings. The topological polar surface area (TPSA) is 64.7 Å². The summed E-state index contributed by atoms with van der Waals surface area (Å²) in [4.78, 5) is 16.9. The Morgan fingerprint density at radius 2 is 1.76 bits per heavy atom. The third-order valence-electron chi connectivity index (χ3n) is 3.96. The Bertz CT molecular complexity index is 1010. The number of thioether (sulfide) groups is 1. The van der Waals surface area contributed by atoms with Crippen LogP contribution < -0.4 is 0 Å². The number of hydrogen-bond acceptors (Lipinski definition) is 5. The minimum absolute atomic E-state index is 0.0315. The number of benzene rings is 3. The summed E-state index contributed by atoms with van der Waals surface area (Å²) in [6.07, 6.45) is 1.42. The van der Waals surface area contributed by atoms with Gasteiger partial charge in [-0.3, -0.25) is 10.1 Å². The molecule has 3 rings (SSSR count). The molecule has 0 N–H and O–H groups in total. The van der Waals surface area contributed by atoms with Gasteiger partial charge in [0.1, 0.15) is 6.61 Å². The Balaban J connectivity index is 1.66. The maximum atomic E-state index is 11.5. The maximum Gasteiger partial charge on any atom is 0.283 e. The molecule has 0 aliphatic heterocycles. The molecule has 148 valence electrons. The molecule has 5 nitrogen and oxygen atoms in total. The number of nitro groups is 1. The first-order chi connectivity index (χ1) is 14.0. The molecule has 0 saturated heterocycles. The number of nitro benzene ring substituents is 1. The molecule has 0 fully saturated rings. The predicted octanol–water partition coefficient (Wildman–Crippen LogP) is 6.74. The average molecular weight is 447 g/mol. The lowest BCUT2D eigenvalue weighted by atomic mass is 10.2. The van der Waals surface area contributed by atoms with Crippen LogP contribution in [0.5, 0.6) is 0 Å². The highest BCUT2D eigenvalue weighted by Gasteiger charge is 2.15. The lowest BCUT2D eigenvalue weighted by molar-refractivity contribution is -0.387. The first kappa shape index (κ1) is 21.2. The molecule has 0 heterocycles. The fourth-order valence-electron chi connectivity index (χ4n) is 2.48. The van der Waals surface area contributed by atoms with Gasteiger partial charge in [0.15, 0.2) is 0 Å². The van der Waals surface area contributed by atoms with Gasteiger partial charge in [0, 0.05) is 33.0 Å². The van der Waals surface area contributed by atoms with Gasteiger partial charge in [0.25, 0.3) is 5.69 Å². The summed E-state index contributed by atoms with van der Waals surface area (Å²) >= 11 is 13.6. The van der Waals surface area contributed by atoms with Crippen molar-refractivity contribution in [3.8, 4) is 0 Å². The summed E-state index contributed by atoms with van der Waals surface area (Å²) in [5, 5.41) is 16.3. The highest BCUT2D eigenvalue weighted by atomic mass is 35.5. The van der Waals surface area contributed by atoms with E-state index < -0.39 is 4.92 Å². The fourth-order valence-corrected chi connectivity index (χ4v) is 3.95. The fraction of sp³-hybridized carbons (Fsp3) is 0.0952. The van der Waals surface area contributed by atoms with Gasteiger partial charge >= 0.3 is 0 Å². The molecule has 0 amide bonds. The molecule has 0 bridgehead atoms. The minimum Gasteiger partial charge on any atom is -0.391 e. The first-order valence-corrected chi connectivity index (χ1v) is 10.3. The van der Waals surface area contributed by atoms with Crippen LogP contribution in [0.2, 0.25) is 10.0 Å². The summed E-state index contributed by atoms with van der Waals surface area (Å²) in [5.41, 5.74) is 2.32. The summed E-state index contributed by atoms with van der Waals surface area (Å²) < 4.78 is 0. The van der Waals surface area contributed by atoms with Crippen LogP contribution in [0.15, 0.2) is 76.8 Å². The van der Waals surface area contributed by atoms with Crippen molar-refractivity contribution in [1.82, 2.24) is 0 Å². The third-order valence-corrected chi connectivity index (χ3v) is 5.81. The second-order valence-corrected chi connectivity index (χ2v) is 7.80. The molecule has 8 heteroatoms. The Kier molecular flexibility index (Phi) is 7.52. The molecule has 0 aromatic heterocycles. The van der Waals surface area contributed by atoms with Crippen molar-refractivity contribution in [2.24, 2.45) is 5.16 Å². The monoisotopic (exact) mass is 446 g/mol. The number of halogens is 2. The standard InChI is InChI=1S/C21H16Cl2N2O3S/c22-18-7-4-8-19(23)17(18)13-28-24-12-16-9-10-21(20(11-16)25(26)27)29-14-15-5-2-1-3-6-15/h1-12H,13-14H2/b24-12+. The van der Waals surface area contributed by atoms with Crippen molar-refractivity contribution in [2.45, 2.75) is 17.3 Å². The Labute approximate surface area is 182 Å². The van der Waals surface area contributed by atoms with E-state index in [1.165, 1.54) is 24.0 Å². The van der Waals surface area contributed by atoms with E-state index in [0.717, 1.165) is 5.56 Å². The molecule has 0 aliphatic carbocycles. The van der Waals surface area contributed by atoms with Crippen LogP contribution in [0.3, 0.4) is 0 Å². The van der Waals surface area contributed by atoms with Crippen molar-refractivity contribution < 1.29 is 9.76 Å². The molecule has 0 saturated carbocycles. The van der Waals surface area contributed by atoms with Gasteiger partial charge in [-0.2, -0.15) is 0 Å². The second-order valence-electron chi connectivity index (χ2n) is 5.97. The summed E-state index contributed by atoms with van der Waals surface area (Å²) in [7, 11) is 0. The van der Waals surface area contributed by atoms with Gasteiger partial charge in [0.2, 0.25) is 0 Å². The van der Waals surface area contributed by atoms with Gasteiger partial charge in [0.05, 0.1) is 16.0 Å². The van der Waals surface area contributed by atoms with E-state index in [1.807, 2.05) is 30.3 Å². The molecule has 3 aromatic carbocycles.